The summed E-state index contributed by atoms with van der Waals surface area (Å²) in [5.74, 6) is 1.74. The van der Waals surface area contributed by atoms with Crippen LogP contribution in [-0.4, -0.2) is 54.7 Å². The van der Waals surface area contributed by atoms with Gasteiger partial charge >= 0.3 is 0 Å². The molecule has 6 nitrogen and oxygen atoms in total. The number of fused-ring (bicyclic) bond motifs is 2. The molecule has 2 aromatic carbocycles. The second kappa shape index (κ2) is 8.28. The molecule has 158 valence electrons. The molecule has 0 unspecified atom stereocenters. The number of rotatable bonds is 5. The van der Waals surface area contributed by atoms with Crippen molar-refractivity contribution in [3.05, 3.63) is 53.1 Å². The Bertz CT molecular complexity index is 937. The smallest absolute Gasteiger partial charge is 0.241 e. The van der Waals surface area contributed by atoms with Crippen LogP contribution in [0.1, 0.15) is 30.0 Å². The van der Waals surface area contributed by atoms with E-state index in [1.54, 1.807) is 0 Å². The molecule has 1 N–H and O–H groups in total. The number of aryl methyl sites for hydroxylation is 2. The zero-order valence-corrected chi connectivity index (χ0v) is 17.5. The zero-order chi connectivity index (χ0) is 20.5. The maximum Gasteiger partial charge on any atom is 0.241 e. The van der Waals surface area contributed by atoms with Crippen LogP contribution in [0.25, 0.3) is 0 Å². The summed E-state index contributed by atoms with van der Waals surface area (Å²) in [7, 11) is 0. The first-order chi connectivity index (χ1) is 14.7. The van der Waals surface area contributed by atoms with Crippen molar-refractivity contribution >= 4 is 11.6 Å². The van der Waals surface area contributed by atoms with Crippen LogP contribution in [0.5, 0.6) is 11.5 Å². The summed E-state index contributed by atoms with van der Waals surface area (Å²) in [6.45, 7) is 6.89. The number of nitrogens with zero attached hydrogens (tertiary/aromatic N) is 2. The van der Waals surface area contributed by atoms with Gasteiger partial charge in [-0.15, -0.1) is 0 Å². The number of carbonyl (C=O) groups is 1. The van der Waals surface area contributed by atoms with E-state index < -0.39 is 0 Å². The molecule has 0 radical (unpaired) electrons. The highest BCUT2D eigenvalue weighted by molar-refractivity contribution is 5.94. The minimum atomic E-state index is -0.133. The van der Waals surface area contributed by atoms with Gasteiger partial charge in [0.05, 0.1) is 6.04 Å². The highest BCUT2D eigenvalue weighted by Crippen LogP contribution is 2.33. The number of hydrogen-bond acceptors (Lipinski definition) is 5. The molecular weight excluding hydrogens is 378 g/mol. The van der Waals surface area contributed by atoms with E-state index in [2.05, 4.69) is 39.4 Å². The van der Waals surface area contributed by atoms with Gasteiger partial charge in [-0.2, -0.15) is 0 Å². The molecule has 6 heteroatoms. The first-order valence-corrected chi connectivity index (χ1v) is 10.9. The van der Waals surface area contributed by atoms with Crippen LogP contribution < -0.4 is 14.8 Å². The van der Waals surface area contributed by atoms with E-state index >= 15 is 0 Å². The predicted molar refractivity (Wildman–Crippen MR) is 116 cm³/mol. The molecular formula is C24H29N3O3. The molecule has 2 heterocycles. The van der Waals surface area contributed by atoms with Crippen LogP contribution in [0, 0.1) is 0 Å². The molecule has 0 bridgehead atoms. The molecule has 2 aliphatic heterocycles. The summed E-state index contributed by atoms with van der Waals surface area (Å²) < 4.78 is 10.9. The third-order valence-corrected chi connectivity index (χ3v) is 6.54. The molecule has 5 rings (SSSR count). The lowest BCUT2D eigenvalue weighted by molar-refractivity contribution is -0.121. The van der Waals surface area contributed by atoms with Gasteiger partial charge < -0.3 is 14.8 Å². The molecule has 1 atom stereocenters. The van der Waals surface area contributed by atoms with E-state index in [9.17, 15) is 4.79 Å². The number of anilines is 1. The molecule has 3 aliphatic rings. The summed E-state index contributed by atoms with van der Waals surface area (Å²) in [5, 5.41) is 3.12. The normalized spacial score (nSPS) is 19.5. The average Bonchev–Trinajstić information content (AvgIpc) is 3.42. The first-order valence-electron chi connectivity index (χ1n) is 10.9. The Balaban J connectivity index is 1.13. The van der Waals surface area contributed by atoms with E-state index in [0.29, 0.717) is 6.79 Å². The third-order valence-electron chi connectivity index (χ3n) is 6.54. The topological polar surface area (TPSA) is 54.0 Å². The van der Waals surface area contributed by atoms with Crippen LogP contribution >= 0.6 is 0 Å². The van der Waals surface area contributed by atoms with Crippen molar-refractivity contribution < 1.29 is 14.3 Å². The minimum absolute atomic E-state index is 0.0807. The lowest BCUT2D eigenvalue weighted by Gasteiger charge is -2.37. The molecule has 1 fully saturated rings. The fourth-order valence-electron chi connectivity index (χ4n) is 4.67. The van der Waals surface area contributed by atoms with Crippen LogP contribution in [0.2, 0.25) is 0 Å². The van der Waals surface area contributed by atoms with Gasteiger partial charge in [0.25, 0.3) is 0 Å². The Labute approximate surface area is 177 Å². The maximum absolute atomic E-state index is 12.8. The first kappa shape index (κ1) is 19.4. The summed E-state index contributed by atoms with van der Waals surface area (Å²) in [6, 6.07) is 12.4. The number of nitrogens with one attached hydrogen (secondary N) is 1. The lowest BCUT2D eigenvalue weighted by Crippen LogP contribution is -2.52. The summed E-state index contributed by atoms with van der Waals surface area (Å²) in [5.41, 5.74) is 4.97. The van der Waals surface area contributed by atoms with E-state index in [-0.39, 0.29) is 11.9 Å². The predicted octanol–water partition coefficient (Wildman–Crippen LogP) is 3.05. The third kappa shape index (κ3) is 4.02. The molecule has 0 aromatic heterocycles. The van der Waals surface area contributed by atoms with Gasteiger partial charge in [0.2, 0.25) is 12.7 Å². The Morgan fingerprint density at radius 2 is 1.80 bits per heavy atom. The SMILES string of the molecule is C[C@H](C(=O)Nc1ccc2c(c1)CCC2)N1CCN(Cc2ccc3c(c2)OCO3)CC1. The van der Waals surface area contributed by atoms with Gasteiger partial charge in [-0.1, -0.05) is 12.1 Å². The molecule has 1 aliphatic carbocycles. The number of ether oxygens (including phenoxy) is 2. The zero-order valence-electron chi connectivity index (χ0n) is 17.5. The molecule has 0 saturated carbocycles. The van der Waals surface area contributed by atoms with Crippen LogP contribution in [0.4, 0.5) is 5.69 Å². The van der Waals surface area contributed by atoms with Crippen molar-refractivity contribution in [3.63, 3.8) is 0 Å². The highest BCUT2D eigenvalue weighted by Gasteiger charge is 2.26. The van der Waals surface area contributed by atoms with Crippen molar-refractivity contribution in [2.24, 2.45) is 0 Å². The maximum atomic E-state index is 12.8. The largest absolute Gasteiger partial charge is 0.454 e. The van der Waals surface area contributed by atoms with Crippen molar-refractivity contribution in [2.45, 2.75) is 38.8 Å². The number of piperazine rings is 1. The van der Waals surface area contributed by atoms with Crippen molar-refractivity contribution in [3.8, 4) is 11.5 Å². The quantitative estimate of drug-likeness (QED) is 0.826. The van der Waals surface area contributed by atoms with E-state index in [1.807, 2.05) is 19.1 Å². The number of benzene rings is 2. The van der Waals surface area contributed by atoms with Gasteiger partial charge in [-0.05, 0) is 67.1 Å². The summed E-state index contributed by atoms with van der Waals surface area (Å²) in [4.78, 5) is 17.5. The Kier molecular flexibility index (Phi) is 5.35. The van der Waals surface area contributed by atoms with Crippen LogP contribution in [0.3, 0.4) is 0 Å². The number of carbonyl (C=O) groups excluding carboxylic acids is 1. The molecule has 30 heavy (non-hydrogen) atoms. The highest BCUT2D eigenvalue weighted by atomic mass is 16.7. The fourth-order valence-corrected chi connectivity index (χ4v) is 4.67. The molecule has 1 saturated heterocycles. The van der Waals surface area contributed by atoms with Gasteiger partial charge in [-0.25, -0.2) is 0 Å². The van der Waals surface area contributed by atoms with Gasteiger partial charge in [0, 0.05) is 38.4 Å². The lowest BCUT2D eigenvalue weighted by atomic mass is 10.1. The van der Waals surface area contributed by atoms with Crippen molar-refractivity contribution in [1.29, 1.82) is 0 Å². The van der Waals surface area contributed by atoms with Gasteiger partial charge in [0.15, 0.2) is 11.5 Å². The van der Waals surface area contributed by atoms with E-state index in [0.717, 1.165) is 62.8 Å². The van der Waals surface area contributed by atoms with E-state index in [4.69, 9.17) is 9.47 Å². The number of amides is 1. The van der Waals surface area contributed by atoms with Gasteiger partial charge in [0.1, 0.15) is 0 Å². The Morgan fingerprint density at radius 1 is 1.00 bits per heavy atom. The van der Waals surface area contributed by atoms with Crippen molar-refractivity contribution in [2.75, 3.05) is 38.3 Å². The molecule has 2 aromatic rings. The van der Waals surface area contributed by atoms with E-state index in [1.165, 1.54) is 23.1 Å². The second-order valence-electron chi connectivity index (χ2n) is 8.50. The Hall–Kier alpha value is -2.57. The second-order valence-corrected chi connectivity index (χ2v) is 8.50. The molecule has 1 amide bonds. The summed E-state index contributed by atoms with van der Waals surface area (Å²) >= 11 is 0. The molecule has 0 spiro atoms. The van der Waals surface area contributed by atoms with Crippen molar-refractivity contribution in [1.82, 2.24) is 9.80 Å². The number of hydrogen-bond donors (Lipinski definition) is 1. The monoisotopic (exact) mass is 407 g/mol. The average molecular weight is 408 g/mol. The summed E-state index contributed by atoms with van der Waals surface area (Å²) in [6.07, 6.45) is 3.51. The minimum Gasteiger partial charge on any atom is -0.454 e. The standard InChI is InChI=1S/C24H29N3O3/c1-17(24(28)25-21-7-6-19-3-2-4-20(19)14-21)27-11-9-26(10-12-27)15-18-5-8-22-23(13-18)30-16-29-22/h5-8,13-14,17H,2-4,9-12,15-16H2,1H3,(H,25,28)/t17-/m1/s1. The van der Waals surface area contributed by atoms with Crippen LogP contribution in [-0.2, 0) is 24.2 Å². The van der Waals surface area contributed by atoms with Crippen LogP contribution in [0.15, 0.2) is 36.4 Å². The van der Waals surface area contributed by atoms with Gasteiger partial charge in [-0.3, -0.25) is 14.6 Å². The fraction of sp³-hybridized carbons (Fsp3) is 0.458. The Morgan fingerprint density at radius 3 is 2.67 bits per heavy atom.